The van der Waals surface area contributed by atoms with Crippen molar-refractivity contribution < 1.29 is 13.9 Å². The van der Waals surface area contributed by atoms with Crippen molar-refractivity contribution in [3.8, 4) is 5.75 Å². The summed E-state index contributed by atoms with van der Waals surface area (Å²) in [7, 11) is 0. The summed E-state index contributed by atoms with van der Waals surface area (Å²) in [5.41, 5.74) is 1.59. The highest BCUT2D eigenvalue weighted by Gasteiger charge is 2.42. The molecule has 0 saturated heterocycles. The van der Waals surface area contributed by atoms with E-state index in [1.807, 2.05) is 44.2 Å². The fourth-order valence-electron chi connectivity index (χ4n) is 4.33. The molecule has 0 saturated carbocycles. The van der Waals surface area contributed by atoms with Gasteiger partial charge >= 0.3 is 0 Å². The topological polar surface area (TPSA) is 63.0 Å². The van der Waals surface area contributed by atoms with Gasteiger partial charge in [0.2, 0.25) is 5.76 Å². The molecular formula is C26H30N2O4. The molecule has 0 bridgehead atoms. The van der Waals surface area contributed by atoms with Crippen LogP contribution in [0.15, 0.2) is 57.7 Å². The Labute approximate surface area is 188 Å². The highest BCUT2D eigenvalue weighted by atomic mass is 16.5. The summed E-state index contributed by atoms with van der Waals surface area (Å²) in [6, 6.07) is 14.3. The number of carbonyl (C=O) groups excluding carboxylic acids is 1. The van der Waals surface area contributed by atoms with Crippen molar-refractivity contribution in [3.63, 3.8) is 0 Å². The third-order valence-electron chi connectivity index (χ3n) is 5.99. The molecule has 0 aliphatic carbocycles. The molecule has 6 nitrogen and oxygen atoms in total. The molecule has 6 heteroatoms. The van der Waals surface area contributed by atoms with Crippen LogP contribution in [0.4, 0.5) is 0 Å². The molecule has 1 atom stereocenters. The second-order valence-corrected chi connectivity index (χ2v) is 8.33. The number of benzene rings is 2. The smallest absolute Gasteiger partial charge is 0.290 e. The molecule has 0 radical (unpaired) electrons. The molecule has 1 aliphatic rings. The Kier molecular flexibility index (Phi) is 6.33. The quantitative estimate of drug-likeness (QED) is 0.524. The lowest BCUT2D eigenvalue weighted by Crippen LogP contribution is -2.37. The molecule has 1 aliphatic heterocycles. The zero-order chi connectivity index (χ0) is 22.8. The van der Waals surface area contributed by atoms with Crippen LogP contribution in [0.25, 0.3) is 11.0 Å². The molecule has 1 amide bonds. The second-order valence-electron chi connectivity index (χ2n) is 8.33. The van der Waals surface area contributed by atoms with Crippen LogP contribution in [-0.2, 0) is 0 Å². The molecule has 0 unspecified atom stereocenters. The molecule has 2 aromatic carbocycles. The predicted molar refractivity (Wildman–Crippen MR) is 125 cm³/mol. The Morgan fingerprint density at radius 2 is 1.72 bits per heavy atom. The zero-order valence-electron chi connectivity index (χ0n) is 19.1. The Balaban J connectivity index is 1.80. The van der Waals surface area contributed by atoms with E-state index in [1.165, 1.54) is 0 Å². The number of likely N-dealkylation sites (N-methyl/N-ethyl adjacent to an activating group) is 1. The number of hydrogen-bond acceptors (Lipinski definition) is 5. The van der Waals surface area contributed by atoms with Gasteiger partial charge < -0.3 is 19.0 Å². The van der Waals surface area contributed by atoms with Gasteiger partial charge in [-0.1, -0.05) is 38.1 Å². The van der Waals surface area contributed by atoms with Crippen LogP contribution in [0.3, 0.4) is 0 Å². The van der Waals surface area contributed by atoms with Gasteiger partial charge in [0.1, 0.15) is 11.3 Å². The minimum atomic E-state index is -0.484. The van der Waals surface area contributed by atoms with Crippen LogP contribution in [0.2, 0.25) is 0 Å². The van der Waals surface area contributed by atoms with Crippen molar-refractivity contribution in [2.24, 2.45) is 0 Å². The third kappa shape index (κ3) is 4.02. The summed E-state index contributed by atoms with van der Waals surface area (Å²) in [6.45, 7) is 11.2. The Hall–Kier alpha value is -3.12. The maximum atomic E-state index is 13.5. The number of ether oxygens (including phenoxy) is 1. The first-order valence-corrected chi connectivity index (χ1v) is 11.3. The van der Waals surface area contributed by atoms with Gasteiger partial charge in [-0.3, -0.25) is 9.59 Å². The van der Waals surface area contributed by atoms with Gasteiger partial charge in [-0.15, -0.1) is 0 Å². The van der Waals surface area contributed by atoms with Crippen LogP contribution in [-0.4, -0.2) is 48.0 Å². The molecule has 3 aromatic rings. The van der Waals surface area contributed by atoms with Crippen LogP contribution in [0.5, 0.6) is 5.75 Å². The van der Waals surface area contributed by atoms with Crippen molar-refractivity contribution >= 4 is 16.9 Å². The van der Waals surface area contributed by atoms with Gasteiger partial charge in [-0.2, -0.15) is 0 Å². The van der Waals surface area contributed by atoms with Crippen LogP contribution < -0.4 is 10.2 Å². The highest BCUT2D eigenvalue weighted by Crippen LogP contribution is 2.38. The fourth-order valence-corrected chi connectivity index (χ4v) is 4.33. The number of fused-ring (bicyclic) bond motifs is 2. The maximum Gasteiger partial charge on any atom is 0.290 e. The standard InChI is InChI=1S/C26H30N2O4/c1-5-27(6-2)15-16-28-23(18-11-13-19(14-12-18)31-17(3)4)22-24(29)20-9-7-8-10-21(20)32-25(22)26(28)30/h7-14,17,23H,5-6,15-16H2,1-4H3/t23-/m1/s1. The first kappa shape index (κ1) is 22.1. The van der Waals surface area contributed by atoms with E-state index in [2.05, 4.69) is 18.7 Å². The van der Waals surface area contributed by atoms with E-state index in [9.17, 15) is 9.59 Å². The Morgan fingerprint density at radius 1 is 1.03 bits per heavy atom. The first-order chi connectivity index (χ1) is 15.4. The van der Waals surface area contributed by atoms with Crippen molar-refractivity contribution in [2.45, 2.75) is 39.8 Å². The maximum absolute atomic E-state index is 13.5. The van der Waals surface area contributed by atoms with Gasteiger partial charge in [0.25, 0.3) is 5.91 Å². The molecule has 4 rings (SSSR count). The average Bonchev–Trinajstić information content (AvgIpc) is 3.07. The van der Waals surface area contributed by atoms with Crippen molar-refractivity contribution in [3.05, 3.63) is 75.6 Å². The van der Waals surface area contributed by atoms with Crippen molar-refractivity contribution in [1.82, 2.24) is 9.80 Å². The summed E-state index contributed by atoms with van der Waals surface area (Å²) in [4.78, 5) is 30.9. The molecular weight excluding hydrogens is 404 g/mol. The fraction of sp³-hybridized carbons (Fsp3) is 0.385. The SMILES string of the molecule is CCN(CC)CCN1C(=O)c2oc3ccccc3c(=O)c2[C@H]1c1ccc(OC(C)C)cc1. The minimum Gasteiger partial charge on any atom is -0.491 e. The van der Waals surface area contributed by atoms with E-state index in [0.717, 1.165) is 30.9 Å². The highest BCUT2D eigenvalue weighted by molar-refractivity contribution is 5.99. The van der Waals surface area contributed by atoms with E-state index in [-0.39, 0.29) is 23.2 Å². The first-order valence-electron chi connectivity index (χ1n) is 11.3. The molecule has 168 valence electrons. The number of hydrogen-bond donors (Lipinski definition) is 0. The summed E-state index contributed by atoms with van der Waals surface area (Å²) in [5.74, 6) is 0.678. The Bertz CT molecular complexity index is 1160. The van der Waals surface area contributed by atoms with Crippen LogP contribution >= 0.6 is 0 Å². The lowest BCUT2D eigenvalue weighted by atomic mass is 9.98. The van der Waals surface area contributed by atoms with E-state index < -0.39 is 6.04 Å². The second kappa shape index (κ2) is 9.17. The van der Waals surface area contributed by atoms with Gasteiger partial charge in [0.05, 0.1) is 23.1 Å². The average molecular weight is 435 g/mol. The van der Waals surface area contributed by atoms with E-state index >= 15 is 0 Å². The molecule has 0 spiro atoms. The monoisotopic (exact) mass is 434 g/mol. The minimum absolute atomic E-state index is 0.0682. The molecule has 1 aromatic heterocycles. The number of nitrogens with zero attached hydrogens (tertiary/aromatic N) is 2. The summed E-state index contributed by atoms with van der Waals surface area (Å²) >= 11 is 0. The van der Waals surface area contributed by atoms with E-state index in [0.29, 0.717) is 23.1 Å². The van der Waals surface area contributed by atoms with Gasteiger partial charge in [-0.05, 0) is 56.8 Å². The summed E-state index contributed by atoms with van der Waals surface area (Å²) in [5, 5.41) is 0.495. The van der Waals surface area contributed by atoms with E-state index in [4.69, 9.17) is 9.15 Å². The molecule has 0 fully saturated rings. The molecule has 0 N–H and O–H groups in total. The number of carbonyl (C=O) groups is 1. The normalized spacial score (nSPS) is 15.8. The molecule has 32 heavy (non-hydrogen) atoms. The van der Waals surface area contributed by atoms with Crippen molar-refractivity contribution in [1.29, 1.82) is 0 Å². The van der Waals surface area contributed by atoms with Gasteiger partial charge in [-0.25, -0.2) is 0 Å². The lowest BCUT2D eigenvalue weighted by molar-refractivity contribution is 0.0708. The third-order valence-corrected chi connectivity index (χ3v) is 5.99. The zero-order valence-corrected chi connectivity index (χ0v) is 19.1. The largest absolute Gasteiger partial charge is 0.491 e. The number of para-hydroxylation sites is 1. The number of amides is 1. The lowest BCUT2D eigenvalue weighted by Gasteiger charge is -2.28. The van der Waals surface area contributed by atoms with Gasteiger partial charge in [0.15, 0.2) is 5.43 Å². The molecule has 2 heterocycles. The van der Waals surface area contributed by atoms with Crippen LogP contribution in [0.1, 0.15) is 55.4 Å². The summed E-state index contributed by atoms with van der Waals surface area (Å²) in [6.07, 6.45) is 0.0682. The number of rotatable bonds is 8. The summed E-state index contributed by atoms with van der Waals surface area (Å²) < 4.78 is 11.8. The Morgan fingerprint density at radius 3 is 2.38 bits per heavy atom. The van der Waals surface area contributed by atoms with Gasteiger partial charge in [0, 0.05) is 13.1 Å². The predicted octanol–water partition coefficient (Wildman–Crippen LogP) is 4.47. The van der Waals surface area contributed by atoms with E-state index in [1.54, 1.807) is 23.1 Å². The van der Waals surface area contributed by atoms with Crippen molar-refractivity contribution in [2.75, 3.05) is 26.2 Å². The van der Waals surface area contributed by atoms with Crippen LogP contribution in [0, 0.1) is 0 Å².